The van der Waals surface area contributed by atoms with Crippen LogP contribution in [0.15, 0.2) is 65.1 Å². The van der Waals surface area contributed by atoms with Crippen molar-refractivity contribution in [2.45, 2.75) is 0 Å². The van der Waals surface area contributed by atoms with Gasteiger partial charge in [-0.2, -0.15) is 0 Å². The fourth-order valence-electron chi connectivity index (χ4n) is 2.59. The van der Waals surface area contributed by atoms with E-state index in [2.05, 4.69) is 10.3 Å². The van der Waals surface area contributed by atoms with E-state index in [4.69, 9.17) is 27.6 Å². The van der Waals surface area contributed by atoms with Crippen molar-refractivity contribution < 1.29 is 13.6 Å². The number of anilines is 1. The van der Waals surface area contributed by atoms with E-state index in [1.54, 1.807) is 36.4 Å². The SMILES string of the molecule is O=C(Nc1ccc2oc(-c3cccc(Cl)c3Cl)nc2c1)c1ccc(F)cc1. The quantitative estimate of drug-likeness (QED) is 0.445. The maximum absolute atomic E-state index is 13.0. The number of rotatable bonds is 3. The lowest BCUT2D eigenvalue weighted by atomic mass is 10.2. The molecule has 1 aromatic heterocycles. The molecule has 0 radical (unpaired) electrons. The lowest BCUT2D eigenvalue weighted by Crippen LogP contribution is -2.11. The second kappa shape index (κ2) is 7.02. The lowest BCUT2D eigenvalue weighted by Gasteiger charge is -2.04. The van der Waals surface area contributed by atoms with Crippen molar-refractivity contribution in [3.63, 3.8) is 0 Å². The van der Waals surface area contributed by atoms with Gasteiger partial charge in [0.05, 0.1) is 15.6 Å². The van der Waals surface area contributed by atoms with Gasteiger partial charge in [0.15, 0.2) is 5.58 Å². The Labute approximate surface area is 163 Å². The van der Waals surface area contributed by atoms with Gasteiger partial charge >= 0.3 is 0 Å². The van der Waals surface area contributed by atoms with Crippen LogP contribution in [0, 0.1) is 5.82 Å². The standard InChI is InChI=1S/C20H11Cl2FN2O2/c21-15-3-1-2-14(18(15)22)20-25-16-10-13(8-9-17(16)27-20)24-19(26)11-4-6-12(23)7-5-11/h1-10H,(H,24,26). The predicted molar refractivity (Wildman–Crippen MR) is 104 cm³/mol. The number of oxazole rings is 1. The first-order chi connectivity index (χ1) is 13.0. The van der Waals surface area contributed by atoms with Crippen molar-refractivity contribution >= 4 is 45.9 Å². The van der Waals surface area contributed by atoms with Crippen molar-refractivity contribution in [1.82, 2.24) is 4.98 Å². The Hall–Kier alpha value is -2.89. The van der Waals surface area contributed by atoms with Crippen LogP contribution in [0.3, 0.4) is 0 Å². The molecular formula is C20H11Cl2FN2O2. The van der Waals surface area contributed by atoms with Crippen molar-refractivity contribution in [2.75, 3.05) is 5.32 Å². The maximum atomic E-state index is 13.0. The second-order valence-electron chi connectivity index (χ2n) is 5.76. The summed E-state index contributed by atoms with van der Waals surface area (Å²) in [6, 6.07) is 15.6. The number of hydrogen-bond acceptors (Lipinski definition) is 3. The second-order valence-corrected chi connectivity index (χ2v) is 6.55. The monoisotopic (exact) mass is 400 g/mol. The molecule has 0 aliphatic carbocycles. The molecule has 4 aromatic rings. The van der Waals surface area contributed by atoms with Gasteiger partial charge in [0, 0.05) is 11.3 Å². The van der Waals surface area contributed by atoms with Crippen molar-refractivity contribution in [1.29, 1.82) is 0 Å². The van der Waals surface area contributed by atoms with E-state index in [1.807, 2.05) is 0 Å². The number of carbonyl (C=O) groups excluding carboxylic acids is 1. The number of aromatic nitrogens is 1. The van der Waals surface area contributed by atoms with Gasteiger partial charge in [-0.1, -0.05) is 29.3 Å². The molecule has 27 heavy (non-hydrogen) atoms. The summed E-state index contributed by atoms with van der Waals surface area (Å²) in [6.07, 6.45) is 0. The molecule has 0 fully saturated rings. The Morgan fingerprint density at radius 2 is 1.81 bits per heavy atom. The Balaban J connectivity index is 1.64. The molecule has 1 heterocycles. The highest BCUT2D eigenvalue weighted by Gasteiger charge is 2.14. The summed E-state index contributed by atoms with van der Waals surface area (Å²) >= 11 is 12.3. The van der Waals surface area contributed by atoms with E-state index in [1.165, 1.54) is 24.3 Å². The van der Waals surface area contributed by atoms with Gasteiger partial charge in [0.1, 0.15) is 11.3 Å². The fourth-order valence-corrected chi connectivity index (χ4v) is 2.98. The molecule has 3 aromatic carbocycles. The van der Waals surface area contributed by atoms with Gasteiger partial charge in [0.25, 0.3) is 5.91 Å². The molecule has 0 atom stereocenters. The summed E-state index contributed by atoms with van der Waals surface area (Å²) in [4.78, 5) is 16.7. The molecule has 0 saturated heterocycles. The number of hydrogen-bond donors (Lipinski definition) is 1. The number of halogens is 3. The summed E-state index contributed by atoms with van der Waals surface area (Å²) in [7, 11) is 0. The first-order valence-corrected chi connectivity index (χ1v) is 8.69. The minimum absolute atomic E-state index is 0.333. The lowest BCUT2D eigenvalue weighted by molar-refractivity contribution is 0.102. The zero-order chi connectivity index (χ0) is 19.0. The predicted octanol–water partition coefficient (Wildman–Crippen LogP) is 6.19. The minimum Gasteiger partial charge on any atom is -0.436 e. The average Bonchev–Trinajstić information content (AvgIpc) is 3.07. The third-order valence-corrected chi connectivity index (χ3v) is 4.75. The van der Waals surface area contributed by atoms with Gasteiger partial charge in [-0.15, -0.1) is 0 Å². The number of benzene rings is 3. The molecule has 1 N–H and O–H groups in total. The Morgan fingerprint density at radius 3 is 2.59 bits per heavy atom. The van der Waals surface area contributed by atoms with Crippen molar-refractivity contribution in [3.8, 4) is 11.5 Å². The van der Waals surface area contributed by atoms with E-state index in [0.29, 0.717) is 43.9 Å². The van der Waals surface area contributed by atoms with Crippen LogP contribution in [-0.2, 0) is 0 Å². The highest BCUT2D eigenvalue weighted by molar-refractivity contribution is 6.43. The van der Waals surface area contributed by atoms with Crippen LogP contribution in [0.4, 0.5) is 10.1 Å². The average molecular weight is 401 g/mol. The number of fused-ring (bicyclic) bond motifs is 1. The van der Waals surface area contributed by atoms with Crippen molar-refractivity contribution in [3.05, 3.63) is 82.1 Å². The smallest absolute Gasteiger partial charge is 0.255 e. The van der Waals surface area contributed by atoms with Gasteiger partial charge in [0.2, 0.25) is 5.89 Å². The molecule has 0 saturated carbocycles. The molecule has 0 aliphatic rings. The van der Waals surface area contributed by atoms with Crippen LogP contribution >= 0.6 is 23.2 Å². The van der Waals surface area contributed by atoms with Crippen LogP contribution in [-0.4, -0.2) is 10.9 Å². The van der Waals surface area contributed by atoms with E-state index in [-0.39, 0.29) is 5.91 Å². The number of carbonyl (C=O) groups is 1. The van der Waals surface area contributed by atoms with Crippen molar-refractivity contribution in [2.24, 2.45) is 0 Å². The van der Waals surface area contributed by atoms with Crippen LogP contribution in [0.2, 0.25) is 10.0 Å². The third-order valence-electron chi connectivity index (χ3n) is 3.93. The zero-order valence-electron chi connectivity index (χ0n) is 13.7. The Kier molecular flexibility index (Phi) is 4.56. The number of nitrogens with one attached hydrogen (secondary N) is 1. The molecule has 0 aliphatic heterocycles. The van der Waals surface area contributed by atoms with Crippen LogP contribution in [0.1, 0.15) is 10.4 Å². The highest BCUT2D eigenvalue weighted by atomic mass is 35.5. The summed E-state index contributed by atoms with van der Waals surface area (Å²) in [5, 5.41) is 3.51. The van der Waals surface area contributed by atoms with E-state index in [0.717, 1.165) is 0 Å². The molecule has 134 valence electrons. The first kappa shape index (κ1) is 17.5. The van der Waals surface area contributed by atoms with Gasteiger partial charge < -0.3 is 9.73 Å². The molecule has 0 unspecified atom stereocenters. The molecule has 0 bridgehead atoms. The zero-order valence-corrected chi connectivity index (χ0v) is 15.2. The number of amides is 1. The molecule has 4 nitrogen and oxygen atoms in total. The van der Waals surface area contributed by atoms with Gasteiger partial charge in [-0.3, -0.25) is 4.79 Å². The fraction of sp³-hybridized carbons (Fsp3) is 0. The summed E-state index contributed by atoms with van der Waals surface area (Å²) in [6.45, 7) is 0. The van der Waals surface area contributed by atoms with Crippen LogP contribution in [0.25, 0.3) is 22.6 Å². The maximum Gasteiger partial charge on any atom is 0.255 e. The summed E-state index contributed by atoms with van der Waals surface area (Å²) in [5.74, 6) is -0.418. The van der Waals surface area contributed by atoms with Crippen LogP contribution < -0.4 is 5.32 Å². The molecule has 0 spiro atoms. The first-order valence-electron chi connectivity index (χ1n) is 7.93. The molecular weight excluding hydrogens is 390 g/mol. The largest absolute Gasteiger partial charge is 0.436 e. The normalized spacial score (nSPS) is 10.9. The van der Waals surface area contributed by atoms with E-state index in [9.17, 15) is 9.18 Å². The van der Waals surface area contributed by atoms with E-state index < -0.39 is 5.82 Å². The Bertz CT molecular complexity index is 1160. The number of nitrogens with zero attached hydrogens (tertiary/aromatic N) is 1. The summed E-state index contributed by atoms with van der Waals surface area (Å²) < 4.78 is 18.7. The van der Waals surface area contributed by atoms with Gasteiger partial charge in [-0.05, 0) is 54.6 Å². The highest BCUT2D eigenvalue weighted by Crippen LogP contribution is 2.34. The minimum atomic E-state index is -0.400. The van der Waals surface area contributed by atoms with E-state index >= 15 is 0 Å². The third kappa shape index (κ3) is 3.52. The molecule has 1 amide bonds. The molecule has 7 heteroatoms. The topological polar surface area (TPSA) is 55.1 Å². The van der Waals surface area contributed by atoms with Crippen LogP contribution in [0.5, 0.6) is 0 Å². The summed E-state index contributed by atoms with van der Waals surface area (Å²) in [5.41, 5.74) is 2.56. The van der Waals surface area contributed by atoms with Gasteiger partial charge in [-0.25, -0.2) is 9.37 Å². The Morgan fingerprint density at radius 1 is 1.04 bits per heavy atom. The molecule has 4 rings (SSSR count).